The first-order valence-corrected chi connectivity index (χ1v) is 6.96. The highest BCUT2D eigenvalue weighted by Gasteiger charge is 2.39. The largest absolute Gasteiger partial charge is 0.392 e. The Bertz CT molecular complexity index is 243. The number of likely N-dealkylation sites (tertiary alicyclic amines) is 1. The first-order chi connectivity index (χ1) is 7.97. The maximum atomic E-state index is 9.90. The van der Waals surface area contributed by atoms with Gasteiger partial charge in [0.05, 0.1) is 6.10 Å². The Morgan fingerprint density at radius 3 is 2.47 bits per heavy atom. The fraction of sp³-hybridized carbons (Fsp3) is 1.00. The van der Waals surface area contributed by atoms with E-state index in [1.165, 1.54) is 12.8 Å². The third kappa shape index (κ3) is 3.43. The Hall–Kier alpha value is -0.120. The zero-order valence-electron chi connectivity index (χ0n) is 11.5. The monoisotopic (exact) mass is 241 g/mol. The SMILES string of the molecule is CC(C)(C)C1C[C@@H](O)CN1CC1CCOCC1. The van der Waals surface area contributed by atoms with Crippen LogP contribution in [0.4, 0.5) is 0 Å². The van der Waals surface area contributed by atoms with Gasteiger partial charge in [-0.2, -0.15) is 0 Å². The van der Waals surface area contributed by atoms with Crippen LogP contribution in [0.1, 0.15) is 40.0 Å². The van der Waals surface area contributed by atoms with Gasteiger partial charge in [0.2, 0.25) is 0 Å². The molecule has 3 heteroatoms. The van der Waals surface area contributed by atoms with Crippen LogP contribution in [0.25, 0.3) is 0 Å². The summed E-state index contributed by atoms with van der Waals surface area (Å²) in [5.74, 6) is 0.763. The van der Waals surface area contributed by atoms with Crippen molar-refractivity contribution in [1.29, 1.82) is 0 Å². The van der Waals surface area contributed by atoms with Crippen molar-refractivity contribution in [2.75, 3.05) is 26.3 Å². The zero-order chi connectivity index (χ0) is 12.5. The van der Waals surface area contributed by atoms with Gasteiger partial charge < -0.3 is 9.84 Å². The Morgan fingerprint density at radius 2 is 1.88 bits per heavy atom. The molecular formula is C14H27NO2. The van der Waals surface area contributed by atoms with Gasteiger partial charge in [0, 0.05) is 32.3 Å². The van der Waals surface area contributed by atoms with E-state index in [0.717, 1.165) is 38.6 Å². The van der Waals surface area contributed by atoms with Crippen LogP contribution in [-0.2, 0) is 4.74 Å². The second-order valence-corrected chi connectivity index (χ2v) is 6.78. The van der Waals surface area contributed by atoms with Gasteiger partial charge in [0.1, 0.15) is 0 Å². The lowest BCUT2D eigenvalue weighted by atomic mass is 9.84. The van der Waals surface area contributed by atoms with Gasteiger partial charge in [0.25, 0.3) is 0 Å². The molecule has 2 aliphatic rings. The van der Waals surface area contributed by atoms with E-state index in [0.29, 0.717) is 6.04 Å². The highest BCUT2D eigenvalue weighted by molar-refractivity contribution is 4.93. The molecule has 2 aliphatic heterocycles. The number of β-amino-alcohol motifs (C(OH)–C–C–N with tert-alkyl or cyclic N) is 1. The van der Waals surface area contributed by atoms with Crippen LogP contribution >= 0.6 is 0 Å². The number of rotatable bonds is 2. The lowest BCUT2D eigenvalue weighted by Crippen LogP contribution is -2.42. The Kier molecular flexibility index (Phi) is 4.11. The molecule has 100 valence electrons. The summed E-state index contributed by atoms with van der Waals surface area (Å²) >= 11 is 0. The number of ether oxygens (including phenoxy) is 1. The van der Waals surface area contributed by atoms with Gasteiger partial charge in [-0.15, -0.1) is 0 Å². The van der Waals surface area contributed by atoms with Crippen molar-refractivity contribution in [3.8, 4) is 0 Å². The maximum Gasteiger partial charge on any atom is 0.0682 e. The molecule has 1 N–H and O–H groups in total. The molecule has 0 aliphatic carbocycles. The molecule has 2 rings (SSSR count). The highest BCUT2D eigenvalue weighted by Crippen LogP contribution is 2.34. The molecule has 0 aromatic rings. The summed E-state index contributed by atoms with van der Waals surface area (Å²) in [6, 6.07) is 0.528. The summed E-state index contributed by atoms with van der Waals surface area (Å²) in [6.07, 6.45) is 3.18. The molecule has 1 unspecified atom stereocenters. The van der Waals surface area contributed by atoms with Crippen LogP contribution in [0.3, 0.4) is 0 Å². The Morgan fingerprint density at radius 1 is 1.24 bits per heavy atom. The van der Waals surface area contributed by atoms with Crippen molar-refractivity contribution in [3.63, 3.8) is 0 Å². The van der Waals surface area contributed by atoms with E-state index in [9.17, 15) is 5.11 Å². The predicted octanol–water partition coefficient (Wildman–Crippen LogP) is 1.89. The summed E-state index contributed by atoms with van der Waals surface area (Å²) in [4.78, 5) is 2.51. The van der Waals surface area contributed by atoms with Crippen molar-refractivity contribution >= 4 is 0 Å². The highest BCUT2D eigenvalue weighted by atomic mass is 16.5. The van der Waals surface area contributed by atoms with E-state index >= 15 is 0 Å². The van der Waals surface area contributed by atoms with Crippen molar-refractivity contribution in [2.45, 2.75) is 52.2 Å². The minimum atomic E-state index is -0.126. The maximum absolute atomic E-state index is 9.90. The normalized spacial score (nSPS) is 33.2. The van der Waals surface area contributed by atoms with Crippen molar-refractivity contribution in [2.24, 2.45) is 11.3 Å². The molecule has 0 spiro atoms. The molecule has 0 aromatic carbocycles. The molecule has 2 fully saturated rings. The van der Waals surface area contributed by atoms with Crippen molar-refractivity contribution < 1.29 is 9.84 Å². The van der Waals surface area contributed by atoms with Crippen LogP contribution in [0.5, 0.6) is 0 Å². The summed E-state index contributed by atoms with van der Waals surface area (Å²) in [5.41, 5.74) is 0.267. The van der Waals surface area contributed by atoms with E-state index < -0.39 is 0 Å². The molecule has 3 nitrogen and oxygen atoms in total. The number of hydrogen-bond acceptors (Lipinski definition) is 3. The third-order valence-corrected chi connectivity index (χ3v) is 4.21. The quantitative estimate of drug-likeness (QED) is 0.801. The van der Waals surface area contributed by atoms with Gasteiger partial charge in [-0.1, -0.05) is 20.8 Å². The smallest absolute Gasteiger partial charge is 0.0682 e. The lowest BCUT2D eigenvalue weighted by molar-refractivity contribution is 0.0399. The van der Waals surface area contributed by atoms with E-state index in [4.69, 9.17) is 4.74 Å². The fourth-order valence-electron chi connectivity index (χ4n) is 3.24. The Labute approximate surface area is 105 Å². The van der Waals surface area contributed by atoms with Crippen LogP contribution in [-0.4, -0.2) is 48.5 Å². The summed E-state index contributed by atoms with van der Waals surface area (Å²) in [6.45, 7) is 10.7. The lowest BCUT2D eigenvalue weighted by Gasteiger charge is -2.37. The van der Waals surface area contributed by atoms with Gasteiger partial charge in [-0.05, 0) is 30.6 Å². The third-order valence-electron chi connectivity index (χ3n) is 4.21. The molecule has 0 radical (unpaired) electrons. The predicted molar refractivity (Wildman–Crippen MR) is 69.0 cm³/mol. The first kappa shape index (κ1) is 13.3. The summed E-state index contributed by atoms with van der Waals surface area (Å²) < 4.78 is 5.41. The molecule has 0 saturated carbocycles. The van der Waals surface area contributed by atoms with Crippen LogP contribution < -0.4 is 0 Å². The topological polar surface area (TPSA) is 32.7 Å². The van der Waals surface area contributed by atoms with Crippen molar-refractivity contribution in [3.05, 3.63) is 0 Å². The molecular weight excluding hydrogens is 214 g/mol. The van der Waals surface area contributed by atoms with Gasteiger partial charge in [0.15, 0.2) is 0 Å². The second-order valence-electron chi connectivity index (χ2n) is 6.78. The van der Waals surface area contributed by atoms with Crippen LogP contribution in [0.2, 0.25) is 0 Å². The van der Waals surface area contributed by atoms with Crippen molar-refractivity contribution in [1.82, 2.24) is 4.90 Å². The van der Waals surface area contributed by atoms with E-state index in [1.807, 2.05) is 0 Å². The minimum absolute atomic E-state index is 0.126. The molecule has 0 bridgehead atoms. The van der Waals surface area contributed by atoms with Gasteiger partial charge >= 0.3 is 0 Å². The number of aliphatic hydroxyl groups excluding tert-OH is 1. The molecule has 2 atom stereocenters. The molecule has 0 aromatic heterocycles. The van der Waals surface area contributed by atoms with Crippen LogP contribution in [0.15, 0.2) is 0 Å². The van der Waals surface area contributed by atoms with E-state index in [-0.39, 0.29) is 11.5 Å². The number of hydrogen-bond donors (Lipinski definition) is 1. The average molecular weight is 241 g/mol. The fourth-order valence-corrected chi connectivity index (χ4v) is 3.24. The summed E-state index contributed by atoms with van der Waals surface area (Å²) in [7, 11) is 0. The van der Waals surface area contributed by atoms with Crippen LogP contribution in [0, 0.1) is 11.3 Å². The van der Waals surface area contributed by atoms with Gasteiger partial charge in [-0.25, -0.2) is 0 Å². The number of aliphatic hydroxyl groups is 1. The van der Waals surface area contributed by atoms with E-state index in [2.05, 4.69) is 25.7 Å². The number of nitrogens with zero attached hydrogens (tertiary/aromatic N) is 1. The molecule has 2 heterocycles. The molecule has 0 amide bonds. The zero-order valence-corrected chi connectivity index (χ0v) is 11.5. The summed E-state index contributed by atoms with van der Waals surface area (Å²) in [5, 5.41) is 9.90. The standard InChI is InChI=1S/C14H27NO2/c1-14(2,3)13-8-12(16)10-15(13)9-11-4-6-17-7-5-11/h11-13,16H,4-10H2,1-3H3/t12-,13?/m1/s1. The molecule has 2 saturated heterocycles. The Balaban J connectivity index is 1.93. The second kappa shape index (κ2) is 5.25. The van der Waals surface area contributed by atoms with E-state index in [1.54, 1.807) is 0 Å². The van der Waals surface area contributed by atoms with Gasteiger partial charge in [-0.3, -0.25) is 4.90 Å². The molecule has 17 heavy (non-hydrogen) atoms. The average Bonchev–Trinajstić information content (AvgIpc) is 2.60. The first-order valence-electron chi connectivity index (χ1n) is 6.96. The minimum Gasteiger partial charge on any atom is -0.392 e.